The van der Waals surface area contributed by atoms with Crippen LogP contribution in [0.2, 0.25) is 5.02 Å². The maximum atomic E-state index is 14.0. The second-order valence-electron chi connectivity index (χ2n) is 9.08. The zero-order valence-electron chi connectivity index (χ0n) is 21.2. The topological polar surface area (TPSA) is 62.1 Å². The van der Waals surface area contributed by atoms with Gasteiger partial charge in [0.2, 0.25) is 0 Å². The fourth-order valence-electron chi connectivity index (χ4n) is 5.30. The van der Waals surface area contributed by atoms with Gasteiger partial charge in [0.1, 0.15) is 5.75 Å². The quantitative estimate of drug-likeness (QED) is 0.355. The van der Waals surface area contributed by atoms with Crippen molar-refractivity contribution in [2.75, 3.05) is 21.3 Å². The summed E-state index contributed by atoms with van der Waals surface area (Å²) >= 11 is 8.09. The molecule has 8 heteroatoms. The molecule has 192 valence electrons. The maximum Gasteiger partial charge on any atom is 0.271 e. The Morgan fingerprint density at radius 3 is 2.42 bits per heavy atom. The first-order valence-corrected chi connectivity index (χ1v) is 13.4. The van der Waals surface area contributed by atoms with Gasteiger partial charge in [0, 0.05) is 22.2 Å². The first kappa shape index (κ1) is 24.5. The Morgan fingerprint density at radius 2 is 1.66 bits per heavy atom. The van der Waals surface area contributed by atoms with Crippen LogP contribution in [0.3, 0.4) is 0 Å². The summed E-state index contributed by atoms with van der Waals surface area (Å²) in [5.41, 5.74) is 5.91. The van der Waals surface area contributed by atoms with E-state index in [2.05, 4.69) is 18.2 Å². The molecule has 2 heterocycles. The van der Waals surface area contributed by atoms with E-state index in [1.54, 1.807) is 32.0 Å². The highest BCUT2D eigenvalue weighted by Crippen LogP contribution is 2.42. The number of fused-ring (bicyclic) bond motifs is 3. The number of hydrogen-bond acceptors (Lipinski definition) is 6. The lowest BCUT2D eigenvalue weighted by molar-refractivity contribution is 0.348. The van der Waals surface area contributed by atoms with Gasteiger partial charge in [-0.1, -0.05) is 65.4 Å². The molecule has 0 fully saturated rings. The first-order chi connectivity index (χ1) is 18.5. The number of aromatic nitrogens is 1. The van der Waals surface area contributed by atoms with E-state index in [1.807, 2.05) is 42.5 Å². The Kier molecular flexibility index (Phi) is 6.33. The van der Waals surface area contributed by atoms with E-state index in [9.17, 15) is 4.79 Å². The minimum absolute atomic E-state index is 0.124. The summed E-state index contributed by atoms with van der Waals surface area (Å²) in [6, 6.07) is 19.3. The Morgan fingerprint density at radius 1 is 0.947 bits per heavy atom. The number of thiazole rings is 1. The maximum absolute atomic E-state index is 14.0. The van der Waals surface area contributed by atoms with Crippen LogP contribution in [-0.4, -0.2) is 25.9 Å². The number of aryl methyl sites for hydroxylation is 1. The molecule has 2 aliphatic rings. The normalized spacial score (nSPS) is 16.3. The molecule has 0 radical (unpaired) electrons. The summed E-state index contributed by atoms with van der Waals surface area (Å²) in [6.07, 6.45) is 3.52. The molecule has 0 spiro atoms. The fraction of sp³-hybridized carbons (Fsp3) is 0.200. The molecule has 0 bridgehead atoms. The lowest BCUT2D eigenvalue weighted by Crippen LogP contribution is -2.38. The first-order valence-electron chi connectivity index (χ1n) is 12.2. The molecule has 1 aliphatic heterocycles. The van der Waals surface area contributed by atoms with Crippen LogP contribution in [0.1, 0.15) is 34.7 Å². The van der Waals surface area contributed by atoms with E-state index in [0.717, 1.165) is 35.2 Å². The predicted molar refractivity (Wildman–Crippen MR) is 150 cm³/mol. The summed E-state index contributed by atoms with van der Waals surface area (Å²) < 4.78 is 18.8. The van der Waals surface area contributed by atoms with Gasteiger partial charge in [0.05, 0.1) is 37.6 Å². The van der Waals surface area contributed by atoms with Crippen LogP contribution in [0.5, 0.6) is 17.2 Å². The zero-order valence-corrected chi connectivity index (χ0v) is 22.7. The predicted octanol–water partition coefficient (Wildman–Crippen LogP) is 5.00. The zero-order chi connectivity index (χ0) is 26.4. The Bertz CT molecular complexity index is 1790. The minimum Gasteiger partial charge on any atom is -0.496 e. The van der Waals surface area contributed by atoms with Crippen LogP contribution in [-0.2, 0) is 6.42 Å². The largest absolute Gasteiger partial charge is 0.496 e. The molecule has 0 N–H and O–H groups in total. The molecule has 3 aromatic carbocycles. The monoisotopic (exact) mass is 544 g/mol. The highest BCUT2D eigenvalue weighted by Gasteiger charge is 2.33. The molecule has 6 rings (SSSR count). The second kappa shape index (κ2) is 9.82. The molecule has 1 aliphatic carbocycles. The number of rotatable bonds is 5. The van der Waals surface area contributed by atoms with Crippen LogP contribution in [0.25, 0.3) is 11.8 Å². The van der Waals surface area contributed by atoms with Gasteiger partial charge in [-0.3, -0.25) is 9.36 Å². The smallest absolute Gasteiger partial charge is 0.271 e. The van der Waals surface area contributed by atoms with Gasteiger partial charge in [0.15, 0.2) is 16.3 Å². The molecule has 0 unspecified atom stereocenters. The summed E-state index contributed by atoms with van der Waals surface area (Å²) in [5, 5.41) is 0.626. The van der Waals surface area contributed by atoms with E-state index in [1.165, 1.54) is 16.9 Å². The van der Waals surface area contributed by atoms with Crippen molar-refractivity contribution in [1.29, 1.82) is 0 Å². The van der Waals surface area contributed by atoms with Gasteiger partial charge in [-0.25, -0.2) is 4.99 Å². The Hall–Kier alpha value is -3.81. The molecule has 0 saturated heterocycles. The van der Waals surface area contributed by atoms with Crippen LogP contribution in [0, 0.1) is 0 Å². The second-order valence-corrected chi connectivity index (χ2v) is 10.5. The number of methoxy groups -OCH3 is 3. The van der Waals surface area contributed by atoms with Crippen LogP contribution in [0.15, 0.2) is 76.0 Å². The SMILES string of the molecule is COc1cc(OC)c(OC)cc1C=c1sc2n(c1=O)[C@H](c1ccccc1Cl)C1=C(N=2)c2ccccc2CC1. The third kappa shape index (κ3) is 3.94. The van der Waals surface area contributed by atoms with Gasteiger partial charge < -0.3 is 14.2 Å². The van der Waals surface area contributed by atoms with Crippen molar-refractivity contribution >= 4 is 34.7 Å². The summed E-state index contributed by atoms with van der Waals surface area (Å²) in [7, 11) is 4.74. The number of allylic oxidation sites excluding steroid dienone is 1. The van der Waals surface area contributed by atoms with Crippen molar-refractivity contribution in [2.24, 2.45) is 4.99 Å². The van der Waals surface area contributed by atoms with Crippen LogP contribution >= 0.6 is 22.9 Å². The van der Waals surface area contributed by atoms with E-state index in [4.69, 9.17) is 30.8 Å². The number of nitrogens with zero attached hydrogens (tertiary/aromatic N) is 2. The van der Waals surface area contributed by atoms with E-state index in [0.29, 0.717) is 37.2 Å². The number of halogens is 1. The van der Waals surface area contributed by atoms with Gasteiger partial charge in [-0.2, -0.15) is 0 Å². The summed E-state index contributed by atoms with van der Waals surface area (Å²) in [6.45, 7) is 0. The molecule has 0 saturated carbocycles. The summed E-state index contributed by atoms with van der Waals surface area (Å²) in [4.78, 5) is 19.7. The van der Waals surface area contributed by atoms with Crippen molar-refractivity contribution in [3.63, 3.8) is 0 Å². The van der Waals surface area contributed by atoms with Crippen molar-refractivity contribution in [2.45, 2.75) is 18.9 Å². The van der Waals surface area contributed by atoms with Crippen LogP contribution < -0.4 is 29.1 Å². The minimum atomic E-state index is -0.335. The lowest BCUT2D eigenvalue weighted by Gasteiger charge is -2.31. The molecular weight excluding hydrogens is 520 g/mol. The average molecular weight is 545 g/mol. The van der Waals surface area contributed by atoms with E-state index >= 15 is 0 Å². The standard InChI is InChI=1S/C30H25ClN2O4S/c1-35-23-16-25(37-3)24(36-2)14-18(23)15-26-29(34)33-28(20-10-6-7-11-22(20)31)21-13-12-17-8-4-5-9-19(17)27(21)32-30(33)38-26/h4-11,14-16,28H,12-13H2,1-3H3/t28-/m1/s1. The van der Waals surface area contributed by atoms with Gasteiger partial charge >= 0.3 is 0 Å². The van der Waals surface area contributed by atoms with Crippen molar-refractivity contribution in [1.82, 2.24) is 4.57 Å². The van der Waals surface area contributed by atoms with Gasteiger partial charge in [-0.15, -0.1) is 0 Å². The lowest BCUT2D eigenvalue weighted by atomic mass is 9.83. The molecule has 6 nitrogen and oxygen atoms in total. The van der Waals surface area contributed by atoms with Crippen LogP contribution in [0.4, 0.5) is 0 Å². The van der Waals surface area contributed by atoms with Crippen molar-refractivity contribution in [3.05, 3.63) is 113 Å². The third-order valence-corrected chi connectivity index (χ3v) is 8.42. The molecule has 0 amide bonds. The Labute approximate surface area is 228 Å². The van der Waals surface area contributed by atoms with E-state index < -0.39 is 0 Å². The molecule has 1 aromatic heterocycles. The average Bonchev–Trinajstić information content (AvgIpc) is 3.26. The third-order valence-electron chi connectivity index (χ3n) is 7.10. The van der Waals surface area contributed by atoms with Gasteiger partial charge in [-0.05, 0) is 47.8 Å². The highest BCUT2D eigenvalue weighted by atomic mass is 35.5. The molecule has 4 aromatic rings. The Balaban J connectivity index is 1.62. The molecular formula is C30H25ClN2O4S. The highest BCUT2D eigenvalue weighted by molar-refractivity contribution is 7.07. The number of benzene rings is 3. The summed E-state index contributed by atoms with van der Waals surface area (Å²) in [5.74, 6) is 1.67. The van der Waals surface area contributed by atoms with E-state index in [-0.39, 0.29) is 11.6 Å². The van der Waals surface area contributed by atoms with Crippen molar-refractivity contribution < 1.29 is 14.2 Å². The molecule has 38 heavy (non-hydrogen) atoms. The van der Waals surface area contributed by atoms with Crippen molar-refractivity contribution in [3.8, 4) is 17.2 Å². The number of hydrogen-bond donors (Lipinski definition) is 0. The number of ether oxygens (including phenoxy) is 3. The van der Waals surface area contributed by atoms with Gasteiger partial charge in [0.25, 0.3) is 5.56 Å². The fourth-order valence-corrected chi connectivity index (χ4v) is 6.53. The molecule has 1 atom stereocenters.